The number of rotatable bonds is 4. The van der Waals surface area contributed by atoms with Gasteiger partial charge in [-0.3, -0.25) is 9.88 Å². The SMILES string of the molecule is COc1cccc(-c2cncc(C3CCCN(C4CCCC4)C3)n2)c1. The van der Waals surface area contributed by atoms with E-state index in [0.29, 0.717) is 5.92 Å². The Hall–Kier alpha value is -1.94. The monoisotopic (exact) mass is 337 g/mol. The molecule has 1 aromatic carbocycles. The molecule has 1 aliphatic carbocycles. The van der Waals surface area contributed by atoms with E-state index in [0.717, 1.165) is 35.3 Å². The van der Waals surface area contributed by atoms with Gasteiger partial charge in [0.15, 0.2) is 0 Å². The third kappa shape index (κ3) is 3.69. The van der Waals surface area contributed by atoms with Crippen molar-refractivity contribution >= 4 is 0 Å². The van der Waals surface area contributed by atoms with E-state index in [-0.39, 0.29) is 0 Å². The minimum atomic E-state index is 0.507. The van der Waals surface area contributed by atoms with Crippen molar-refractivity contribution in [1.29, 1.82) is 0 Å². The van der Waals surface area contributed by atoms with Gasteiger partial charge in [-0.05, 0) is 44.4 Å². The van der Waals surface area contributed by atoms with Crippen molar-refractivity contribution in [2.75, 3.05) is 20.2 Å². The van der Waals surface area contributed by atoms with Gasteiger partial charge in [-0.2, -0.15) is 0 Å². The summed E-state index contributed by atoms with van der Waals surface area (Å²) in [7, 11) is 1.70. The zero-order valence-corrected chi connectivity index (χ0v) is 15.0. The molecule has 0 N–H and O–H groups in total. The van der Waals surface area contributed by atoms with Crippen molar-refractivity contribution in [2.45, 2.75) is 50.5 Å². The van der Waals surface area contributed by atoms with Crippen LogP contribution in [0.1, 0.15) is 50.1 Å². The normalized spacial score (nSPS) is 22.2. The van der Waals surface area contributed by atoms with Gasteiger partial charge in [0.2, 0.25) is 0 Å². The second kappa shape index (κ2) is 7.52. The summed E-state index contributed by atoms with van der Waals surface area (Å²) in [6.07, 6.45) is 11.9. The molecule has 0 spiro atoms. The number of nitrogens with zero attached hydrogens (tertiary/aromatic N) is 3. The van der Waals surface area contributed by atoms with Crippen molar-refractivity contribution in [3.63, 3.8) is 0 Å². The van der Waals surface area contributed by atoms with Crippen molar-refractivity contribution in [2.24, 2.45) is 0 Å². The zero-order valence-electron chi connectivity index (χ0n) is 15.0. The number of likely N-dealkylation sites (tertiary alicyclic amines) is 1. The minimum Gasteiger partial charge on any atom is -0.497 e. The summed E-state index contributed by atoms with van der Waals surface area (Å²) in [6.45, 7) is 2.39. The summed E-state index contributed by atoms with van der Waals surface area (Å²) in [4.78, 5) is 12.2. The second-order valence-electron chi connectivity index (χ2n) is 7.33. The van der Waals surface area contributed by atoms with Gasteiger partial charge in [0, 0.05) is 30.3 Å². The van der Waals surface area contributed by atoms with Gasteiger partial charge in [-0.25, -0.2) is 4.98 Å². The van der Waals surface area contributed by atoms with Gasteiger partial charge in [0.1, 0.15) is 5.75 Å². The number of benzene rings is 1. The van der Waals surface area contributed by atoms with Gasteiger partial charge in [-0.15, -0.1) is 0 Å². The molecular formula is C21H27N3O. The Balaban J connectivity index is 1.54. The molecule has 0 bridgehead atoms. The van der Waals surface area contributed by atoms with Gasteiger partial charge >= 0.3 is 0 Å². The summed E-state index contributed by atoms with van der Waals surface area (Å²) in [6, 6.07) is 8.87. The molecule has 1 atom stereocenters. The van der Waals surface area contributed by atoms with Gasteiger partial charge < -0.3 is 4.74 Å². The summed E-state index contributed by atoms with van der Waals surface area (Å²) in [5.41, 5.74) is 3.15. The van der Waals surface area contributed by atoms with Crippen LogP contribution in [-0.2, 0) is 0 Å². The van der Waals surface area contributed by atoms with E-state index in [9.17, 15) is 0 Å². The predicted octanol–water partition coefficient (Wildman–Crippen LogP) is 4.27. The highest BCUT2D eigenvalue weighted by molar-refractivity contribution is 5.60. The van der Waals surface area contributed by atoms with Crippen LogP contribution in [0.3, 0.4) is 0 Å². The van der Waals surface area contributed by atoms with Crippen LogP contribution in [-0.4, -0.2) is 41.1 Å². The molecule has 1 aromatic heterocycles. The molecule has 2 fully saturated rings. The van der Waals surface area contributed by atoms with E-state index in [4.69, 9.17) is 9.72 Å². The highest BCUT2D eigenvalue weighted by atomic mass is 16.5. The molecule has 132 valence electrons. The number of ether oxygens (including phenoxy) is 1. The number of piperidine rings is 1. The number of methoxy groups -OCH3 is 1. The van der Waals surface area contributed by atoms with Crippen LogP contribution < -0.4 is 4.74 Å². The maximum Gasteiger partial charge on any atom is 0.119 e. The molecule has 2 heterocycles. The van der Waals surface area contributed by atoms with E-state index < -0.39 is 0 Å². The molecule has 1 saturated carbocycles. The third-order valence-electron chi connectivity index (χ3n) is 5.73. The summed E-state index contributed by atoms with van der Waals surface area (Å²) < 4.78 is 5.34. The quantitative estimate of drug-likeness (QED) is 0.835. The van der Waals surface area contributed by atoms with Crippen LogP contribution in [0.2, 0.25) is 0 Å². The molecule has 2 aromatic rings. The molecule has 0 radical (unpaired) electrons. The van der Waals surface area contributed by atoms with Crippen LogP contribution in [0.25, 0.3) is 11.3 Å². The van der Waals surface area contributed by atoms with E-state index in [1.807, 2.05) is 30.6 Å². The number of aromatic nitrogens is 2. The van der Waals surface area contributed by atoms with Gasteiger partial charge in [0.05, 0.1) is 24.7 Å². The predicted molar refractivity (Wildman–Crippen MR) is 99.8 cm³/mol. The van der Waals surface area contributed by atoms with Gasteiger partial charge in [-0.1, -0.05) is 25.0 Å². The maximum atomic E-state index is 5.34. The molecule has 1 aliphatic heterocycles. The highest BCUT2D eigenvalue weighted by Crippen LogP contribution is 2.32. The lowest BCUT2D eigenvalue weighted by atomic mass is 9.93. The highest BCUT2D eigenvalue weighted by Gasteiger charge is 2.29. The largest absolute Gasteiger partial charge is 0.497 e. The van der Waals surface area contributed by atoms with E-state index in [2.05, 4.69) is 16.0 Å². The zero-order chi connectivity index (χ0) is 17.1. The average Bonchev–Trinajstić information content (AvgIpc) is 3.23. The molecule has 2 aliphatic rings. The Morgan fingerprint density at radius 3 is 2.80 bits per heavy atom. The van der Waals surface area contributed by atoms with Crippen LogP contribution in [0.4, 0.5) is 0 Å². The molecule has 25 heavy (non-hydrogen) atoms. The maximum absolute atomic E-state index is 5.34. The standard InChI is InChI=1S/C21H27N3O/c1-25-19-10-4-6-16(12-19)20-13-22-14-21(23-20)17-7-5-11-24(15-17)18-8-2-3-9-18/h4,6,10,12-14,17-18H,2-3,5,7-9,11,15H2,1H3. The van der Waals surface area contributed by atoms with E-state index in [1.54, 1.807) is 7.11 Å². The van der Waals surface area contributed by atoms with Crippen molar-refractivity contribution in [1.82, 2.24) is 14.9 Å². The fourth-order valence-corrected chi connectivity index (χ4v) is 4.35. The Bertz CT molecular complexity index is 712. The molecule has 0 amide bonds. The first-order valence-corrected chi connectivity index (χ1v) is 9.54. The smallest absolute Gasteiger partial charge is 0.119 e. The average molecular weight is 337 g/mol. The minimum absolute atomic E-state index is 0.507. The van der Waals surface area contributed by atoms with Crippen LogP contribution in [0.5, 0.6) is 5.75 Å². The number of hydrogen-bond acceptors (Lipinski definition) is 4. The first-order valence-electron chi connectivity index (χ1n) is 9.54. The summed E-state index contributed by atoms with van der Waals surface area (Å²) in [5.74, 6) is 1.36. The number of hydrogen-bond donors (Lipinski definition) is 0. The lowest BCUT2D eigenvalue weighted by Gasteiger charge is -2.36. The molecular weight excluding hydrogens is 310 g/mol. The summed E-state index contributed by atoms with van der Waals surface area (Å²) >= 11 is 0. The first kappa shape index (κ1) is 16.5. The Kier molecular flexibility index (Phi) is 4.97. The Morgan fingerprint density at radius 1 is 1.08 bits per heavy atom. The Labute approximate surface area is 150 Å². The first-order chi connectivity index (χ1) is 12.3. The van der Waals surface area contributed by atoms with Crippen molar-refractivity contribution < 1.29 is 4.74 Å². The van der Waals surface area contributed by atoms with Crippen molar-refractivity contribution in [3.05, 3.63) is 42.4 Å². The lowest BCUT2D eigenvalue weighted by Crippen LogP contribution is -2.40. The van der Waals surface area contributed by atoms with E-state index >= 15 is 0 Å². The topological polar surface area (TPSA) is 38.2 Å². The molecule has 4 heteroatoms. The molecule has 4 rings (SSSR count). The Morgan fingerprint density at radius 2 is 1.96 bits per heavy atom. The lowest BCUT2D eigenvalue weighted by molar-refractivity contribution is 0.149. The molecule has 1 unspecified atom stereocenters. The van der Waals surface area contributed by atoms with Crippen LogP contribution >= 0.6 is 0 Å². The third-order valence-corrected chi connectivity index (χ3v) is 5.73. The van der Waals surface area contributed by atoms with Crippen LogP contribution in [0, 0.1) is 0 Å². The molecule has 4 nitrogen and oxygen atoms in total. The van der Waals surface area contributed by atoms with Crippen LogP contribution in [0.15, 0.2) is 36.7 Å². The molecule has 1 saturated heterocycles. The van der Waals surface area contributed by atoms with Crippen molar-refractivity contribution in [3.8, 4) is 17.0 Å². The fourth-order valence-electron chi connectivity index (χ4n) is 4.35. The second-order valence-corrected chi connectivity index (χ2v) is 7.33. The fraction of sp³-hybridized carbons (Fsp3) is 0.524. The van der Waals surface area contributed by atoms with E-state index in [1.165, 1.54) is 45.1 Å². The summed E-state index contributed by atoms with van der Waals surface area (Å²) in [5, 5.41) is 0. The van der Waals surface area contributed by atoms with Gasteiger partial charge in [0.25, 0.3) is 0 Å².